The van der Waals surface area contributed by atoms with Crippen LogP contribution in [-0.4, -0.2) is 16.5 Å². The highest BCUT2D eigenvalue weighted by Gasteiger charge is 2.33. The molecule has 1 saturated carbocycles. The fourth-order valence-corrected chi connectivity index (χ4v) is 2.08. The maximum Gasteiger partial charge on any atom is 0.194 e. The van der Waals surface area contributed by atoms with Crippen molar-refractivity contribution in [3.05, 3.63) is 11.5 Å². The van der Waals surface area contributed by atoms with E-state index in [1.165, 1.54) is 7.11 Å². The highest BCUT2D eigenvalue weighted by Crippen LogP contribution is 2.43. The lowest BCUT2D eigenvalue weighted by atomic mass is 10.3. The van der Waals surface area contributed by atoms with E-state index in [2.05, 4.69) is 5.16 Å². The second-order valence-corrected chi connectivity index (χ2v) is 4.35. The van der Waals surface area contributed by atoms with Gasteiger partial charge in [0.05, 0.1) is 12.8 Å². The van der Waals surface area contributed by atoms with Gasteiger partial charge in [-0.05, 0) is 19.8 Å². The summed E-state index contributed by atoms with van der Waals surface area (Å²) < 4.78 is 21.3. The molecular weight excluding hydrogens is 190 g/mol. The van der Waals surface area contributed by atoms with Crippen LogP contribution in [0.5, 0.6) is 0 Å². The zero-order chi connectivity index (χ0) is 9.42. The first-order valence-corrected chi connectivity index (χ1v) is 5.24. The van der Waals surface area contributed by atoms with Crippen LogP contribution in [0.3, 0.4) is 0 Å². The van der Waals surface area contributed by atoms with Crippen molar-refractivity contribution in [2.75, 3.05) is 7.11 Å². The molecule has 1 heterocycles. The van der Waals surface area contributed by atoms with E-state index in [0.717, 1.165) is 18.6 Å². The standard InChI is InChI=1S/C8H11NO3S/c1-5-8(13(10)11-2)7(12-9-5)6-3-4-6/h6H,3-4H2,1-2H3. The summed E-state index contributed by atoms with van der Waals surface area (Å²) in [6.45, 7) is 1.78. The van der Waals surface area contributed by atoms with Gasteiger partial charge in [0.2, 0.25) is 0 Å². The smallest absolute Gasteiger partial charge is 0.194 e. The molecule has 1 atom stereocenters. The highest BCUT2D eigenvalue weighted by molar-refractivity contribution is 7.80. The molecule has 1 aliphatic rings. The lowest BCUT2D eigenvalue weighted by molar-refractivity contribution is 0.376. The van der Waals surface area contributed by atoms with Crippen LogP contribution >= 0.6 is 0 Å². The minimum absolute atomic E-state index is 0.412. The van der Waals surface area contributed by atoms with Crippen molar-refractivity contribution in [3.8, 4) is 0 Å². The molecule has 0 radical (unpaired) electrons. The molecule has 72 valence electrons. The van der Waals surface area contributed by atoms with Crippen molar-refractivity contribution >= 4 is 11.1 Å². The lowest BCUT2D eigenvalue weighted by Gasteiger charge is -1.97. The van der Waals surface area contributed by atoms with E-state index in [9.17, 15) is 4.21 Å². The summed E-state index contributed by atoms with van der Waals surface area (Å²) in [7, 11) is 1.42. The maximum absolute atomic E-state index is 11.4. The van der Waals surface area contributed by atoms with Crippen molar-refractivity contribution in [1.29, 1.82) is 0 Å². The normalized spacial score (nSPS) is 18.9. The summed E-state index contributed by atoms with van der Waals surface area (Å²) in [5.74, 6) is 1.16. The minimum atomic E-state index is -1.42. The molecule has 5 heteroatoms. The molecule has 0 aliphatic heterocycles. The first-order valence-electron chi connectivity index (χ1n) is 4.16. The second-order valence-electron chi connectivity index (χ2n) is 3.14. The zero-order valence-electron chi connectivity index (χ0n) is 7.57. The average molecular weight is 201 g/mol. The highest BCUT2D eigenvalue weighted by atomic mass is 32.2. The van der Waals surface area contributed by atoms with Crippen LogP contribution in [0.1, 0.15) is 30.2 Å². The van der Waals surface area contributed by atoms with E-state index in [0.29, 0.717) is 16.5 Å². The Labute approximate surface area is 78.9 Å². The third-order valence-electron chi connectivity index (χ3n) is 2.10. The molecule has 0 aromatic carbocycles. The van der Waals surface area contributed by atoms with Crippen LogP contribution < -0.4 is 0 Å². The third-order valence-corrected chi connectivity index (χ3v) is 3.23. The van der Waals surface area contributed by atoms with Crippen molar-refractivity contribution < 1.29 is 12.9 Å². The monoisotopic (exact) mass is 201 g/mol. The van der Waals surface area contributed by atoms with Crippen molar-refractivity contribution in [2.24, 2.45) is 0 Å². The summed E-state index contributed by atoms with van der Waals surface area (Å²) in [5, 5.41) is 3.80. The van der Waals surface area contributed by atoms with Gasteiger partial charge in [-0.25, -0.2) is 4.21 Å². The third kappa shape index (κ3) is 1.53. The van der Waals surface area contributed by atoms with Crippen LogP contribution in [0.2, 0.25) is 0 Å². The van der Waals surface area contributed by atoms with Crippen molar-refractivity contribution in [3.63, 3.8) is 0 Å². The minimum Gasteiger partial charge on any atom is -0.359 e. The summed E-state index contributed by atoms with van der Waals surface area (Å²) in [5.41, 5.74) is 0.669. The van der Waals surface area contributed by atoms with Gasteiger partial charge in [0.1, 0.15) is 4.90 Å². The molecule has 0 N–H and O–H groups in total. The summed E-state index contributed by atoms with van der Waals surface area (Å²) in [6, 6.07) is 0. The molecule has 0 saturated heterocycles. The van der Waals surface area contributed by atoms with Crippen LogP contribution in [-0.2, 0) is 15.3 Å². The van der Waals surface area contributed by atoms with Gasteiger partial charge in [-0.1, -0.05) is 5.16 Å². The fourth-order valence-electron chi connectivity index (χ4n) is 1.27. The van der Waals surface area contributed by atoms with Gasteiger partial charge in [-0.3, -0.25) is 4.18 Å². The topological polar surface area (TPSA) is 52.3 Å². The van der Waals surface area contributed by atoms with Crippen LogP contribution in [0.25, 0.3) is 0 Å². The van der Waals surface area contributed by atoms with Gasteiger partial charge in [0, 0.05) is 5.92 Å². The van der Waals surface area contributed by atoms with Gasteiger partial charge in [0.15, 0.2) is 16.8 Å². The van der Waals surface area contributed by atoms with E-state index < -0.39 is 11.1 Å². The van der Waals surface area contributed by atoms with Crippen LogP contribution in [0.4, 0.5) is 0 Å². The molecule has 0 amide bonds. The molecule has 4 nitrogen and oxygen atoms in total. The summed E-state index contributed by atoms with van der Waals surface area (Å²) in [4.78, 5) is 0.630. The Kier molecular flexibility index (Phi) is 2.21. The Morgan fingerprint density at radius 1 is 1.62 bits per heavy atom. The number of hydrogen-bond acceptors (Lipinski definition) is 4. The molecule has 0 spiro atoms. The summed E-state index contributed by atoms with van der Waals surface area (Å²) >= 11 is -1.42. The number of aromatic nitrogens is 1. The Bertz CT molecular complexity index is 343. The first kappa shape index (κ1) is 8.90. The zero-order valence-corrected chi connectivity index (χ0v) is 8.39. The summed E-state index contributed by atoms with van der Waals surface area (Å²) in [6.07, 6.45) is 2.20. The van der Waals surface area contributed by atoms with Gasteiger partial charge in [-0.15, -0.1) is 0 Å². The van der Waals surface area contributed by atoms with Gasteiger partial charge < -0.3 is 4.52 Å². The second kappa shape index (κ2) is 3.23. The van der Waals surface area contributed by atoms with E-state index in [-0.39, 0.29) is 0 Å². The quantitative estimate of drug-likeness (QED) is 0.744. The van der Waals surface area contributed by atoms with Gasteiger partial charge >= 0.3 is 0 Å². The maximum atomic E-state index is 11.4. The van der Waals surface area contributed by atoms with E-state index >= 15 is 0 Å². The van der Waals surface area contributed by atoms with Gasteiger partial charge in [0.25, 0.3) is 0 Å². The van der Waals surface area contributed by atoms with E-state index in [4.69, 9.17) is 8.71 Å². The predicted molar refractivity (Wildman–Crippen MR) is 46.6 cm³/mol. The van der Waals surface area contributed by atoms with Crippen molar-refractivity contribution in [2.45, 2.75) is 30.6 Å². The first-order chi connectivity index (χ1) is 6.24. The number of nitrogens with zero attached hydrogens (tertiary/aromatic N) is 1. The molecule has 2 rings (SSSR count). The molecule has 13 heavy (non-hydrogen) atoms. The number of aryl methyl sites for hydroxylation is 1. The molecule has 1 aromatic rings. The molecule has 1 aliphatic carbocycles. The van der Waals surface area contributed by atoms with Crippen LogP contribution in [0.15, 0.2) is 9.42 Å². The lowest BCUT2D eigenvalue weighted by Crippen LogP contribution is -1.97. The predicted octanol–water partition coefficient (Wildman–Crippen LogP) is 1.53. The fraction of sp³-hybridized carbons (Fsp3) is 0.625. The molecule has 0 bridgehead atoms. The Morgan fingerprint density at radius 2 is 2.31 bits per heavy atom. The van der Waals surface area contributed by atoms with Crippen LogP contribution in [0, 0.1) is 6.92 Å². The van der Waals surface area contributed by atoms with E-state index in [1.54, 1.807) is 6.92 Å². The van der Waals surface area contributed by atoms with Crippen molar-refractivity contribution in [1.82, 2.24) is 5.16 Å². The van der Waals surface area contributed by atoms with E-state index in [1.807, 2.05) is 0 Å². The largest absolute Gasteiger partial charge is 0.359 e. The molecule has 1 unspecified atom stereocenters. The molecule has 1 fully saturated rings. The Morgan fingerprint density at radius 3 is 2.85 bits per heavy atom. The molecular formula is C8H11NO3S. The van der Waals surface area contributed by atoms with Gasteiger partial charge in [-0.2, -0.15) is 0 Å². The number of hydrogen-bond donors (Lipinski definition) is 0. The Balaban J connectivity index is 2.39. The molecule has 1 aromatic heterocycles. The Hall–Kier alpha value is -0.680. The SMILES string of the molecule is COS(=O)c1c(C)noc1C1CC1. The number of rotatable bonds is 3. The average Bonchev–Trinajstić information content (AvgIpc) is 2.89.